The molecule has 7 nitrogen and oxygen atoms in total. The second kappa shape index (κ2) is 7.82. The number of para-hydroxylation sites is 1. The highest BCUT2D eigenvalue weighted by molar-refractivity contribution is 6.03. The van der Waals surface area contributed by atoms with Crippen LogP contribution in [-0.2, 0) is 6.18 Å². The molecule has 3 aromatic rings. The molecule has 3 rings (SSSR count). The largest absolute Gasteiger partial charge is 0.418 e. The summed E-state index contributed by atoms with van der Waals surface area (Å²) in [7, 11) is 0. The lowest BCUT2D eigenvalue weighted by molar-refractivity contribution is -0.137. The van der Waals surface area contributed by atoms with Gasteiger partial charge in [0.15, 0.2) is 5.69 Å². The van der Waals surface area contributed by atoms with Crippen LogP contribution in [0.15, 0.2) is 59.4 Å². The molecule has 0 bridgehead atoms. The minimum Gasteiger partial charge on any atom is -0.366 e. The van der Waals surface area contributed by atoms with Gasteiger partial charge in [-0.05, 0) is 37.3 Å². The van der Waals surface area contributed by atoms with E-state index in [4.69, 9.17) is 5.73 Å². The summed E-state index contributed by atoms with van der Waals surface area (Å²) in [5.74, 6) is -1.66. The molecule has 0 saturated carbocycles. The predicted molar refractivity (Wildman–Crippen MR) is 102 cm³/mol. The van der Waals surface area contributed by atoms with Gasteiger partial charge in [-0.25, -0.2) is 4.68 Å². The molecule has 3 N–H and O–H groups in total. The van der Waals surface area contributed by atoms with E-state index in [1.165, 1.54) is 49.4 Å². The molecule has 0 saturated heterocycles. The zero-order chi connectivity index (χ0) is 22.1. The van der Waals surface area contributed by atoms with Crippen LogP contribution in [0.3, 0.4) is 0 Å². The number of anilines is 1. The summed E-state index contributed by atoms with van der Waals surface area (Å²) in [6, 6.07) is 11.4. The molecule has 10 heteroatoms. The van der Waals surface area contributed by atoms with Crippen LogP contribution in [0.1, 0.15) is 32.1 Å². The number of alkyl halides is 3. The first-order valence-electron chi connectivity index (χ1n) is 8.56. The van der Waals surface area contributed by atoms with Crippen LogP contribution in [0.25, 0.3) is 5.69 Å². The number of nitrogens with one attached hydrogen (secondary N) is 1. The second-order valence-electron chi connectivity index (χ2n) is 6.32. The third-order valence-corrected chi connectivity index (χ3v) is 4.17. The molecule has 2 aromatic carbocycles. The van der Waals surface area contributed by atoms with Crippen molar-refractivity contribution in [3.8, 4) is 5.69 Å². The molecule has 0 aliphatic heterocycles. The van der Waals surface area contributed by atoms with Crippen molar-refractivity contribution in [1.29, 1.82) is 0 Å². The molecule has 0 atom stereocenters. The summed E-state index contributed by atoms with van der Waals surface area (Å²) >= 11 is 0. The molecule has 30 heavy (non-hydrogen) atoms. The molecule has 2 amide bonds. The van der Waals surface area contributed by atoms with E-state index < -0.39 is 34.7 Å². The van der Waals surface area contributed by atoms with E-state index in [2.05, 4.69) is 10.4 Å². The van der Waals surface area contributed by atoms with E-state index in [1.807, 2.05) is 0 Å². The van der Waals surface area contributed by atoms with Crippen molar-refractivity contribution in [3.05, 3.63) is 87.3 Å². The Morgan fingerprint density at radius 1 is 1.07 bits per heavy atom. The first-order chi connectivity index (χ1) is 14.1. The number of nitrogens with zero attached hydrogens (tertiary/aromatic N) is 2. The van der Waals surface area contributed by atoms with E-state index in [0.717, 1.165) is 16.8 Å². The number of aryl methyl sites for hydroxylation is 1. The average Bonchev–Trinajstić information content (AvgIpc) is 2.67. The fourth-order valence-electron chi connectivity index (χ4n) is 2.79. The van der Waals surface area contributed by atoms with Crippen molar-refractivity contribution in [2.24, 2.45) is 5.73 Å². The highest BCUT2D eigenvalue weighted by atomic mass is 19.4. The van der Waals surface area contributed by atoms with Gasteiger partial charge in [-0.15, -0.1) is 0 Å². The summed E-state index contributed by atoms with van der Waals surface area (Å²) in [5, 5.41) is 6.26. The Balaban J connectivity index is 2.05. The number of carbonyl (C=O) groups is 2. The molecule has 1 aromatic heterocycles. The van der Waals surface area contributed by atoms with Crippen LogP contribution in [0.5, 0.6) is 0 Å². The number of nitrogens with two attached hydrogens (primary N) is 1. The third-order valence-electron chi connectivity index (χ3n) is 4.17. The molecule has 0 radical (unpaired) electrons. The highest BCUT2D eigenvalue weighted by Crippen LogP contribution is 2.33. The average molecular weight is 416 g/mol. The van der Waals surface area contributed by atoms with Crippen LogP contribution >= 0.6 is 0 Å². The SMILES string of the molecule is Cc1cc(=O)c(C(=O)Nc2cccc(C(N)=O)c2)nn1-c1ccccc1C(F)(F)F. The van der Waals surface area contributed by atoms with E-state index in [1.54, 1.807) is 0 Å². The molecule has 0 aliphatic rings. The summed E-state index contributed by atoms with van der Waals surface area (Å²) in [4.78, 5) is 36.1. The monoisotopic (exact) mass is 416 g/mol. The number of benzene rings is 2. The Hall–Kier alpha value is -3.95. The lowest BCUT2D eigenvalue weighted by Crippen LogP contribution is -2.27. The maximum Gasteiger partial charge on any atom is 0.418 e. The van der Waals surface area contributed by atoms with Gasteiger partial charge in [0.05, 0.1) is 11.3 Å². The van der Waals surface area contributed by atoms with Crippen LogP contribution in [0.2, 0.25) is 0 Å². The normalized spacial score (nSPS) is 11.2. The summed E-state index contributed by atoms with van der Waals surface area (Å²) in [6.07, 6.45) is -4.66. The van der Waals surface area contributed by atoms with E-state index in [9.17, 15) is 27.6 Å². The number of primary amides is 1. The van der Waals surface area contributed by atoms with Gasteiger partial charge in [0, 0.05) is 23.0 Å². The highest BCUT2D eigenvalue weighted by Gasteiger charge is 2.34. The number of hydrogen-bond acceptors (Lipinski definition) is 4. The molecule has 0 aliphatic carbocycles. The lowest BCUT2D eigenvalue weighted by atomic mass is 10.1. The van der Waals surface area contributed by atoms with Gasteiger partial charge < -0.3 is 11.1 Å². The number of carbonyl (C=O) groups excluding carboxylic acids is 2. The molecular weight excluding hydrogens is 401 g/mol. The number of hydrogen-bond donors (Lipinski definition) is 2. The van der Waals surface area contributed by atoms with Gasteiger partial charge in [0.25, 0.3) is 5.91 Å². The van der Waals surface area contributed by atoms with Crippen LogP contribution in [-0.4, -0.2) is 21.6 Å². The predicted octanol–water partition coefficient (Wildman–Crippen LogP) is 2.91. The Morgan fingerprint density at radius 2 is 1.77 bits per heavy atom. The molecule has 0 fully saturated rings. The summed E-state index contributed by atoms with van der Waals surface area (Å²) < 4.78 is 41.0. The minimum absolute atomic E-state index is 0.115. The topological polar surface area (TPSA) is 107 Å². The fourth-order valence-corrected chi connectivity index (χ4v) is 2.79. The Bertz CT molecular complexity index is 1200. The molecular formula is C20H15F3N4O3. The van der Waals surface area contributed by atoms with Crippen LogP contribution in [0, 0.1) is 6.92 Å². The van der Waals surface area contributed by atoms with Crippen molar-refractivity contribution in [2.75, 3.05) is 5.32 Å². The van der Waals surface area contributed by atoms with E-state index >= 15 is 0 Å². The van der Waals surface area contributed by atoms with Gasteiger partial charge in [-0.2, -0.15) is 18.3 Å². The summed E-state index contributed by atoms with van der Waals surface area (Å²) in [6.45, 7) is 1.40. The summed E-state index contributed by atoms with van der Waals surface area (Å²) in [5.41, 5.74) is 2.93. The number of aromatic nitrogens is 2. The quantitative estimate of drug-likeness (QED) is 0.682. The van der Waals surface area contributed by atoms with Crippen LogP contribution < -0.4 is 16.5 Å². The zero-order valence-electron chi connectivity index (χ0n) is 15.5. The Labute approximate surface area is 167 Å². The van der Waals surface area contributed by atoms with Gasteiger partial charge >= 0.3 is 6.18 Å². The smallest absolute Gasteiger partial charge is 0.366 e. The van der Waals surface area contributed by atoms with Crippen molar-refractivity contribution in [1.82, 2.24) is 9.78 Å². The number of halogens is 3. The van der Waals surface area contributed by atoms with Crippen molar-refractivity contribution >= 4 is 17.5 Å². The third kappa shape index (κ3) is 4.22. The van der Waals surface area contributed by atoms with E-state index in [-0.39, 0.29) is 22.6 Å². The Morgan fingerprint density at radius 3 is 2.43 bits per heavy atom. The second-order valence-corrected chi connectivity index (χ2v) is 6.32. The first kappa shape index (κ1) is 20.8. The number of rotatable bonds is 4. The van der Waals surface area contributed by atoms with Crippen LogP contribution in [0.4, 0.5) is 18.9 Å². The van der Waals surface area contributed by atoms with Crippen molar-refractivity contribution < 1.29 is 22.8 Å². The van der Waals surface area contributed by atoms with E-state index in [0.29, 0.717) is 0 Å². The first-order valence-corrected chi connectivity index (χ1v) is 8.56. The van der Waals surface area contributed by atoms with Crippen molar-refractivity contribution in [2.45, 2.75) is 13.1 Å². The van der Waals surface area contributed by atoms with Gasteiger partial charge in [0.2, 0.25) is 11.3 Å². The van der Waals surface area contributed by atoms with Gasteiger partial charge in [-0.3, -0.25) is 14.4 Å². The molecule has 1 heterocycles. The maximum atomic E-state index is 13.4. The lowest BCUT2D eigenvalue weighted by Gasteiger charge is -2.16. The standard InChI is InChI=1S/C20H15F3N4O3/c1-11-9-16(28)17(19(30)25-13-6-4-5-12(10-13)18(24)29)26-27(11)15-8-3-2-7-14(15)20(21,22)23/h2-10H,1H3,(H2,24,29)(H,25,30). The van der Waals surface area contributed by atoms with Gasteiger partial charge in [0.1, 0.15) is 0 Å². The molecule has 154 valence electrons. The fraction of sp³-hybridized carbons (Fsp3) is 0.100. The molecule has 0 unspecified atom stereocenters. The zero-order valence-corrected chi connectivity index (χ0v) is 15.5. The number of amides is 2. The van der Waals surface area contributed by atoms with Crippen molar-refractivity contribution in [3.63, 3.8) is 0 Å². The maximum absolute atomic E-state index is 13.4. The molecule has 0 spiro atoms. The van der Waals surface area contributed by atoms with Gasteiger partial charge in [-0.1, -0.05) is 18.2 Å². The minimum atomic E-state index is -4.66. The Kier molecular flexibility index (Phi) is 5.41.